The molecule has 2 N–H and O–H groups in total. The van der Waals surface area contributed by atoms with Crippen molar-refractivity contribution in [3.63, 3.8) is 0 Å². The highest BCUT2D eigenvalue weighted by Gasteiger charge is 2.25. The standard InChI is InChI=1S/C22H27N3O4S2/c1-31(28,29)25-12-6-8-15-13-17(10-11-18(15)25)21(26)23-24-22(27)20-14-16-7-4-2-3-5-9-19(16)30-20/h10-11,13-14H,2-9,12H2,1H3,(H,23,26)(H,24,27). The average Bonchev–Trinajstić information content (AvgIpc) is 3.12. The number of amides is 2. The van der Waals surface area contributed by atoms with Gasteiger partial charge in [-0.25, -0.2) is 8.42 Å². The summed E-state index contributed by atoms with van der Waals surface area (Å²) in [5.41, 5.74) is 8.07. The lowest BCUT2D eigenvalue weighted by Crippen LogP contribution is -2.41. The molecule has 1 aliphatic heterocycles. The van der Waals surface area contributed by atoms with Gasteiger partial charge in [0, 0.05) is 17.0 Å². The summed E-state index contributed by atoms with van der Waals surface area (Å²) in [7, 11) is -3.35. The third-order valence-electron chi connectivity index (χ3n) is 5.83. The van der Waals surface area contributed by atoms with E-state index >= 15 is 0 Å². The van der Waals surface area contributed by atoms with Gasteiger partial charge in [0.1, 0.15) is 0 Å². The van der Waals surface area contributed by atoms with Crippen LogP contribution in [0.2, 0.25) is 0 Å². The highest BCUT2D eigenvalue weighted by molar-refractivity contribution is 7.92. The Morgan fingerprint density at radius 1 is 0.903 bits per heavy atom. The van der Waals surface area contributed by atoms with E-state index in [2.05, 4.69) is 10.9 Å². The summed E-state index contributed by atoms with van der Waals surface area (Å²) >= 11 is 1.51. The average molecular weight is 462 g/mol. The molecule has 7 nitrogen and oxygen atoms in total. The van der Waals surface area contributed by atoms with Crippen molar-refractivity contribution in [2.45, 2.75) is 51.4 Å². The molecule has 4 rings (SSSR count). The van der Waals surface area contributed by atoms with Crippen LogP contribution in [0.4, 0.5) is 5.69 Å². The fourth-order valence-corrected chi connectivity index (χ4v) is 6.40. The van der Waals surface area contributed by atoms with Gasteiger partial charge in [-0.3, -0.25) is 24.7 Å². The lowest BCUT2D eigenvalue weighted by atomic mass is 10.00. The van der Waals surface area contributed by atoms with Crippen molar-refractivity contribution >= 4 is 38.9 Å². The number of aryl methyl sites for hydroxylation is 3. The van der Waals surface area contributed by atoms with Crippen molar-refractivity contribution in [2.24, 2.45) is 0 Å². The topological polar surface area (TPSA) is 95.6 Å². The molecule has 166 valence electrons. The van der Waals surface area contributed by atoms with E-state index in [0.717, 1.165) is 31.2 Å². The maximum absolute atomic E-state index is 12.6. The number of sulfonamides is 1. The second kappa shape index (κ2) is 9.00. The summed E-state index contributed by atoms with van der Waals surface area (Å²) in [4.78, 5) is 27.0. The van der Waals surface area contributed by atoms with Gasteiger partial charge in [0.15, 0.2) is 0 Å². The van der Waals surface area contributed by atoms with Crippen molar-refractivity contribution in [3.8, 4) is 0 Å². The van der Waals surface area contributed by atoms with Crippen molar-refractivity contribution < 1.29 is 18.0 Å². The van der Waals surface area contributed by atoms with Crippen molar-refractivity contribution in [2.75, 3.05) is 17.1 Å². The Morgan fingerprint density at radius 3 is 2.39 bits per heavy atom. The molecule has 0 spiro atoms. The molecule has 0 saturated heterocycles. The summed E-state index contributed by atoms with van der Waals surface area (Å²) in [6.07, 6.45) is 9.37. The first kappa shape index (κ1) is 21.8. The molecule has 0 fully saturated rings. The Hall–Kier alpha value is -2.39. The zero-order valence-corrected chi connectivity index (χ0v) is 19.2. The SMILES string of the molecule is CS(=O)(=O)N1CCCc2cc(C(=O)NNC(=O)c3cc4c(s3)CCCCCC4)ccc21. The molecular weight excluding hydrogens is 434 g/mol. The minimum atomic E-state index is -3.35. The van der Waals surface area contributed by atoms with Crippen molar-refractivity contribution in [3.05, 3.63) is 50.7 Å². The van der Waals surface area contributed by atoms with Gasteiger partial charge in [-0.15, -0.1) is 11.3 Å². The molecule has 9 heteroatoms. The first-order valence-electron chi connectivity index (χ1n) is 10.7. The molecule has 2 amide bonds. The van der Waals surface area contributed by atoms with Gasteiger partial charge in [0.25, 0.3) is 11.8 Å². The fraction of sp³-hybridized carbons (Fsp3) is 0.455. The third-order valence-corrected chi connectivity index (χ3v) is 8.24. The molecule has 1 aromatic heterocycles. The lowest BCUT2D eigenvalue weighted by Gasteiger charge is -2.29. The Bertz CT molecular complexity index is 1080. The van der Waals surface area contributed by atoms with E-state index in [1.165, 1.54) is 45.2 Å². The highest BCUT2D eigenvalue weighted by atomic mass is 32.2. The van der Waals surface area contributed by atoms with Crippen LogP contribution in [-0.4, -0.2) is 33.0 Å². The zero-order chi connectivity index (χ0) is 22.0. The minimum absolute atomic E-state index is 0.314. The second-order valence-corrected chi connectivity index (χ2v) is 11.2. The highest BCUT2D eigenvalue weighted by Crippen LogP contribution is 2.30. The monoisotopic (exact) mass is 461 g/mol. The first-order valence-corrected chi connectivity index (χ1v) is 13.3. The quantitative estimate of drug-likeness (QED) is 0.686. The van der Waals surface area contributed by atoms with E-state index in [4.69, 9.17) is 0 Å². The zero-order valence-electron chi connectivity index (χ0n) is 17.6. The molecule has 0 bridgehead atoms. The number of hydrogen-bond donors (Lipinski definition) is 2. The van der Waals surface area contributed by atoms with Crippen LogP contribution in [0.25, 0.3) is 0 Å². The van der Waals surface area contributed by atoms with Crippen LogP contribution >= 0.6 is 11.3 Å². The number of carbonyl (C=O) groups excluding carboxylic acids is 2. The third kappa shape index (κ3) is 4.93. The Labute approximate surface area is 186 Å². The second-order valence-electron chi connectivity index (χ2n) is 8.16. The van der Waals surface area contributed by atoms with E-state index in [1.807, 2.05) is 6.07 Å². The number of thiophene rings is 1. The normalized spacial score (nSPS) is 16.5. The predicted octanol–water partition coefficient (Wildman–Crippen LogP) is 3.19. The lowest BCUT2D eigenvalue weighted by molar-refractivity contribution is 0.0849. The van der Waals surface area contributed by atoms with Crippen LogP contribution in [0.1, 0.15) is 68.1 Å². The number of anilines is 1. The summed E-state index contributed by atoms with van der Waals surface area (Å²) in [5, 5.41) is 0. The molecular formula is C22H27N3O4S2. The van der Waals surface area contributed by atoms with Crippen LogP contribution < -0.4 is 15.2 Å². The molecule has 31 heavy (non-hydrogen) atoms. The number of fused-ring (bicyclic) bond motifs is 2. The molecule has 2 aliphatic rings. The van der Waals surface area contributed by atoms with Crippen LogP contribution in [0.15, 0.2) is 24.3 Å². The van der Waals surface area contributed by atoms with Gasteiger partial charge >= 0.3 is 0 Å². The summed E-state index contributed by atoms with van der Waals surface area (Å²) < 4.78 is 25.4. The summed E-state index contributed by atoms with van der Waals surface area (Å²) in [6.45, 7) is 0.443. The van der Waals surface area contributed by atoms with Crippen LogP contribution in [0, 0.1) is 0 Å². The number of nitrogens with zero attached hydrogens (tertiary/aromatic N) is 1. The number of hydrazine groups is 1. The number of nitrogens with one attached hydrogen (secondary N) is 2. The van der Waals surface area contributed by atoms with Gasteiger partial charge in [-0.2, -0.15) is 0 Å². The maximum atomic E-state index is 12.6. The van der Waals surface area contributed by atoms with Gasteiger partial charge in [0.2, 0.25) is 10.0 Å². The first-order chi connectivity index (χ1) is 14.8. The predicted molar refractivity (Wildman–Crippen MR) is 122 cm³/mol. The molecule has 1 aromatic carbocycles. The van der Waals surface area contributed by atoms with E-state index < -0.39 is 15.9 Å². The van der Waals surface area contributed by atoms with Gasteiger partial charge in [-0.05, 0) is 73.9 Å². The Morgan fingerprint density at radius 2 is 1.61 bits per heavy atom. The molecule has 2 aromatic rings. The summed E-state index contributed by atoms with van der Waals surface area (Å²) in [6, 6.07) is 6.89. The van der Waals surface area contributed by atoms with E-state index in [1.54, 1.807) is 18.2 Å². The number of carbonyl (C=O) groups is 2. The smallest absolute Gasteiger partial charge is 0.270 e. The number of benzene rings is 1. The Kier molecular flexibility index (Phi) is 6.34. The number of rotatable bonds is 3. The van der Waals surface area contributed by atoms with Crippen LogP contribution in [-0.2, 0) is 29.3 Å². The van der Waals surface area contributed by atoms with Gasteiger partial charge in [0.05, 0.1) is 16.8 Å². The van der Waals surface area contributed by atoms with Crippen LogP contribution in [0.3, 0.4) is 0 Å². The van der Waals surface area contributed by atoms with Gasteiger partial charge < -0.3 is 0 Å². The molecule has 0 radical (unpaired) electrons. The van der Waals surface area contributed by atoms with E-state index in [-0.39, 0.29) is 5.91 Å². The van der Waals surface area contributed by atoms with E-state index in [0.29, 0.717) is 35.5 Å². The van der Waals surface area contributed by atoms with E-state index in [9.17, 15) is 18.0 Å². The molecule has 2 heterocycles. The van der Waals surface area contributed by atoms with Gasteiger partial charge in [-0.1, -0.05) is 12.8 Å². The van der Waals surface area contributed by atoms with Crippen molar-refractivity contribution in [1.29, 1.82) is 0 Å². The summed E-state index contributed by atoms with van der Waals surface area (Å²) in [5.74, 6) is -0.742. The Balaban J connectivity index is 1.42. The fourth-order valence-electron chi connectivity index (χ4n) is 4.25. The van der Waals surface area contributed by atoms with Crippen molar-refractivity contribution in [1.82, 2.24) is 10.9 Å². The minimum Gasteiger partial charge on any atom is -0.270 e. The van der Waals surface area contributed by atoms with Crippen LogP contribution in [0.5, 0.6) is 0 Å². The largest absolute Gasteiger partial charge is 0.279 e. The molecule has 0 saturated carbocycles. The molecule has 0 unspecified atom stereocenters. The maximum Gasteiger partial charge on any atom is 0.279 e. The molecule has 0 atom stereocenters. The number of hydrogen-bond acceptors (Lipinski definition) is 5. The molecule has 1 aliphatic carbocycles.